The third-order valence-electron chi connectivity index (χ3n) is 2.56. The summed E-state index contributed by atoms with van der Waals surface area (Å²) < 4.78 is 0. The number of hydrogen-bond donors (Lipinski definition) is 1. The van der Waals surface area contributed by atoms with Crippen LogP contribution in [0.15, 0.2) is 12.2 Å². The largest absolute Gasteiger partial charge is 0.278 e. The fourth-order valence-corrected chi connectivity index (χ4v) is 1.78. The van der Waals surface area contributed by atoms with Gasteiger partial charge in [0.25, 0.3) is 0 Å². The Bertz CT molecular complexity index is 280. The fraction of sp³-hybridized carbons (Fsp3) is 0.556. The molecule has 2 unspecified atom stereocenters. The molecule has 0 aromatic rings. The number of hydrogen-bond acceptors (Lipinski definition) is 3. The number of nitrogens with zero attached hydrogens (tertiary/aromatic N) is 1. The molecular weight excluding hydrogens is 186 g/mol. The lowest BCUT2D eigenvalue weighted by molar-refractivity contribution is -0.140. The second-order valence-electron chi connectivity index (χ2n) is 3.62. The van der Waals surface area contributed by atoms with Crippen molar-refractivity contribution in [1.82, 2.24) is 4.90 Å². The molecule has 1 aliphatic carbocycles. The molecule has 0 N–H and O–H groups in total. The van der Waals surface area contributed by atoms with Crippen LogP contribution in [0.3, 0.4) is 0 Å². The molecular formula is C9H11NO2S. The van der Waals surface area contributed by atoms with E-state index in [4.69, 9.17) is 0 Å². The summed E-state index contributed by atoms with van der Waals surface area (Å²) in [6.07, 6.45) is 0.765. The Morgan fingerprint density at radius 1 is 1.46 bits per heavy atom. The Labute approximate surface area is 82.2 Å². The van der Waals surface area contributed by atoms with Gasteiger partial charge in [-0.3, -0.25) is 14.5 Å². The summed E-state index contributed by atoms with van der Waals surface area (Å²) in [5, 5.41) is 0. The monoisotopic (exact) mass is 197 g/mol. The first kappa shape index (κ1) is 8.81. The van der Waals surface area contributed by atoms with Crippen LogP contribution >= 0.6 is 12.6 Å². The number of piperidine rings is 1. The van der Waals surface area contributed by atoms with Crippen LogP contribution in [-0.4, -0.2) is 29.0 Å². The van der Waals surface area contributed by atoms with Gasteiger partial charge in [0, 0.05) is 5.75 Å². The van der Waals surface area contributed by atoms with Crippen molar-refractivity contribution in [3.63, 3.8) is 0 Å². The number of imide groups is 1. The molecule has 2 aliphatic rings. The number of carbonyl (C=O) groups is 2. The molecule has 0 aromatic carbocycles. The quantitative estimate of drug-likeness (QED) is 0.406. The SMILES string of the molecule is C=C(CS)CN1C(=O)C2CC2C1=O. The number of amides is 2. The van der Waals surface area contributed by atoms with Gasteiger partial charge in [-0.1, -0.05) is 6.58 Å². The average molecular weight is 197 g/mol. The molecule has 2 rings (SSSR count). The van der Waals surface area contributed by atoms with E-state index in [1.807, 2.05) is 0 Å². The summed E-state index contributed by atoms with van der Waals surface area (Å²) in [5.41, 5.74) is 0.811. The topological polar surface area (TPSA) is 37.4 Å². The molecule has 2 atom stereocenters. The van der Waals surface area contributed by atoms with Crippen molar-refractivity contribution in [3.05, 3.63) is 12.2 Å². The van der Waals surface area contributed by atoms with E-state index in [1.165, 1.54) is 4.90 Å². The number of fused-ring (bicyclic) bond motifs is 1. The maximum Gasteiger partial charge on any atom is 0.233 e. The molecule has 1 aliphatic heterocycles. The van der Waals surface area contributed by atoms with Gasteiger partial charge in [0.2, 0.25) is 11.8 Å². The third kappa shape index (κ3) is 1.29. The number of likely N-dealkylation sites (tertiary alicyclic amines) is 1. The minimum atomic E-state index is -0.0158. The Balaban J connectivity index is 2.04. The summed E-state index contributed by atoms with van der Waals surface area (Å²) in [6, 6.07) is 0. The standard InChI is InChI=1S/C9H11NO2S/c1-5(4-13)3-10-8(11)6-2-7(6)9(10)12/h6-7,13H,1-4H2. The first-order chi connectivity index (χ1) is 6.15. The van der Waals surface area contributed by atoms with Crippen molar-refractivity contribution in [3.8, 4) is 0 Å². The second kappa shape index (κ2) is 2.87. The van der Waals surface area contributed by atoms with Crippen molar-refractivity contribution in [2.75, 3.05) is 12.3 Å². The summed E-state index contributed by atoms with van der Waals surface area (Å²) in [7, 11) is 0. The van der Waals surface area contributed by atoms with Gasteiger partial charge in [0.1, 0.15) is 0 Å². The van der Waals surface area contributed by atoms with Crippen LogP contribution in [-0.2, 0) is 9.59 Å². The van der Waals surface area contributed by atoms with Gasteiger partial charge in [-0.25, -0.2) is 0 Å². The summed E-state index contributed by atoms with van der Waals surface area (Å²) in [5.74, 6) is 0.489. The molecule has 13 heavy (non-hydrogen) atoms. The number of thiol groups is 1. The van der Waals surface area contributed by atoms with E-state index in [1.54, 1.807) is 0 Å². The predicted molar refractivity (Wildman–Crippen MR) is 51.3 cm³/mol. The van der Waals surface area contributed by atoms with Crippen LogP contribution < -0.4 is 0 Å². The zero-order valence-corrected chi connectivity index (χ0v) is 8.09. The number of rotatable bonds is 3. The minimum Gasteiger partial charge on any atom is -0.278 e. The van der Waals surface area contributed by atoms with E-state index in [2.05, 4.69) is 19.2 Å². The third-order valence-corrected chi connectivity index (χ3v) is 3.01. The molecule has 1 saturated heterocycles. The zero-order chi connectivity index (χ0) is 9.59. The first-order valence-corrected chi connectivity index (χ1v) is 4.91. The average Bonchev–Trinajstić information content (AvgIpc) is 2.86. The lowest BCUT2D eigenvalue weighted by Gasteiger charge is -2.16. The van der Waals surface area contributed by atoms with Crippen molar-refractivity contribution in [1.29, 1.82) is 0 Å². The molecule has 0 spiro atoms. The lowest BCUT2D eigenvalue weighted by atomic mass is 10.3. The Morgan fingerprint density at radius 2 is 2.00 bits per heavy atom. The van der Waals surface area contributed by atoms with Crippen LogP contribution in [0, 0.1) is 11.8 Å². The van der Waals surface area contributed by atoms with Gasteiger partial charge in [-0.05, 0) is 12.0 Å². The Kier molecular flexibility index (Phi) is 1.95. The highest BCUT2D eigenvalue weighted by molar-refractivity contribution is 7.80. The zero-order valence-electron chi connectivity index (χ0n) is 7.19. The van der Waals surface area contributed by atoms with Crippen LogP contribution in [0.1, 0.15) is 6.42 Å². The van der Waals surface area contributed by atoms with Crippen LogP contribution in [0.2, 0.25) is 0 Å². The van der Waals surface area contributed by atoms with E-state index in [0.29, 0.717) is 12.3 Å². The van der Waals surface area contributed by atoms with E-state index < -0.39 is 0 Å². The molecule has 0 aromatic heterocycles. The maximum atomic E-state index is 11.4. The molecule has 1 saturated carbocycles. The molecule has 0 bridgehead atoms. The van der Waals surface area contributed by atoms with Gasteiger partial charge in [0.05, 0.1) is 18.4 Å². The van der Waals surface area contributed by atoms with Crippen molar-refractivity contribution in [2.45, 2.75) is 6.42 Å². The lowest BCUT2D eigenvalue weighted by Crippen LogP contribution is -2.34. The van der Waals surface area contributed by atoms with Gasteiger partial charge in [0.15, 0.2) is 0 Å². The van der Waals surface area contributed by atoms with Crippen molar-refractivity contribution >= 4 is 24.4 Å². The summed E-state index contributed by atoms with van der Waals surface area (Å²) in [4.78, 5) is 24.2. The normalized spacial score (nSPS) is 30.7. The molecule has 0 radical (unpaired) electrons. The maximum absolute atomic E-state index is 11.4. The Hall–Kier alpha value is -0.770. The van der Waals surface area contributed by atoms with Gasteiger partial charge >= 0.3 is 0 Å². The highest BCUT2D eigenvalue weighted by atomic mass is 32.1. The predicted octanol–water partition coefficient (Wildman–Crippen LogP) is 0.477. The van der Waals surface area contributed by atoms with E-state index >= 15 is 0 Å². The molecule has 1 heterocycles. The second-order valence-corrected chi connectivity index (χ2v) is 3.94. The fourth-order valence-electron chi connectivity index (χ4n) is 1.68. The molecule has 70 valence electrons. The van der Waals surface area contributed by atoms with Crippen LogP contribution in [0.25, 0.3) is 0 Å². The molecule has 4 heteroatoms. The summed E-state index contributed by atoms with van der Waals surface area (Å²) in [6.45, 7) is 4.08. The van der Waals surface area contributed by atoms with Crippen LogP contribution in [0.5, 0.6) is 0 Å². The van der Waals surface area contributed by atoms with Crippen molar-refractivity contribution in [2.24, 2.45) is 11.8 Å². The number of carbonyl (C=O) groups excluding carboxylic acids is 2. The molecule has 2 fully saturated rings. The first-order valence-electron chi connectivity index (χ1n) is 4.28. The van der Waals surface area contributed by atoms with Gasteiger partial charge < -0.3 is 0 Å². The minimum absolute atomic E-state index is 0.000201. The van der Waals surface area contributed by atoms with E-state index in [9.17, 15) is 9.59 Å². The highest BCUT2D eigenvalue weighted by Gasteiger charge is 2.58. The van der Waals surface area contributed by atoms with E-state index in [-0.39, 0.29) is 23.7 Å². The molecule has 2 amide bonds. The van der Waals surface area contributed by atoms with Crippen LogP contribution in [0.4, 0.5) is 0 Å². The summed E-state index contributed by atoms with van der Waals surface area (Å²) >= 11 is 4.03. The van der Waals surface area contributed by atoms with Gasteiger partial charge in [-0.2, -0.15) is 12.6 Å². The van der Waals surface area contributed by atoms with Gasteiger partial charge in [-0.15, -0.1) is 0 Å². The molecule has 3 nitrogen and oxygen atoms in total. The highest BCUT2D eigenvalue weighted by Crippen LogP contribution is 2.46. The smallest absolute Gasteiger partial charge is 0.233 e. The Morgan fingerprint density at radius 3 is 2.46 bits per heavy atom. The van der Waals surface area contributed by atoms with Crippen molar-refractivity contribution < 1.29 is 9.59 Å². The van der Waals surface area contributed by atoms with E-state index in [0.717, 1.165) is 12.0 Å².